The highest BCUT2D eigenvalue weighted by molar-refractivity contribution is 7.13. The number of amides is 1. The quantitative estimate of drug-likeness (QED) is 0.585. The molecule has 2 aromatic heterocycles. The zero-order valence-corrected chi connectivity index (χ0v) is 17.6. The molecule has 0 aliphatic carbocycles. The van der Waals surface area contributed by atoms with E-state index >= 15 is 0 Å². The first-order valence-corrected chi connectivity index (χ1v) is 10.5. The van der Waals surface area contributed by atoms with E-state index < -0.39 is 0 Å². The lowest BCUT2D eigenvalue weighted by Gasteiger charge is -2.27. The molecule has 0 unspecified atom stereocenters. The van der Waals surface area contributed by atoms with E-state index in [9.17, 15) is 4.79 Å². The van der Waals surface area contributed by atoms with Crippen LogP contribution >= 0.6 is 11.3 Å². The molecule has 1 amide bonds. The van der Waals surface area contributed by atoms with E-state index in [0.717, 1.165) is 33.9 Å². The maximum absolute atomic E-state index is 12.9. The van der Waals surface area contributed by atoms with E-state index in [1.807, 2.05) is 17.0 Å². The summed E-state index contributed by atoms with van der Waals surface area (Å²) < 4.78 is 0. The predicted octanol–water partition coefficient (Wildman–Crippen LogP) is 5.59. The third-order valence-electron chi connectivity index (χ3n) is 5.15. The number of anilines is 1. The number of fused-ring (bicyclic) bond motifs is 1. The normalized spacial score (nSPS) is 16.2. The molecule has 0 atom stereocenters. The summed E-state index contributed by atoms with van der Waals surface area (Å²) in [6.07, 6.45) is 5.03. The second kappa shape index (κ2) is 7.13. The van der Waals surface area contributed by atoms with E-state index in [0.29, 0.717) is 6.42 Å². The van der Waals surface area contributed by atoms with E-state index in [2.05, 4.69) is 56.3 Å². The minimum atomic E-state index is -0.0572. The van der Waals surface area contributed by atoms with Gasteiger partial charge in [0.15, 0.2) is 0 Å². The molecule has 0 bridgehead atoms. The SMILES string of the molecule is CC(C)N1C(=O)CC(C)(C)Cc2cc(-c3csc(-c4ccncc4)n3)ccc21. The van der Waals surface area contributed by atoms with Crippen LogP contribution in [-0.4, -0.2) is 21.9 Å². The van der Waals surface area contributed by atoms with Crippen LogP contribution in [0.4, 0.5) is 5.69 Å². The van der Waals surface area contributed by atoms with Crippen LogP contribution in [0.5, 0.6) is 0 Å². The summed E-state index contributed by atoms with van der Waals surface area (Å²) in [5, 5.41) is 3.09. The molecule has 4 nitrogen and oxygen atoms in total. The van der Waals surface area contributed by atoms with E-state index in [4.69, 9.17) is 4.98 Å². The highest BCUT2D eigenvalue weighted by Crippen LogP contribution is 2.39. The van der Waals surface area contributed by atoms with Crippen LogP contribution in [-0.2, 0) is 11.2 Å². The zero-order valence-electron chi connectivity index (χ0n) is 16.8. The molecule has 0 N–H and O–H groups in total. The van der Waals surface area contributed by atoms with Crippen molar-refractivity contribution in [3.8, 4) is 21.8 Å². The van der Waals surface area contributed by atoms with E-state index in [1.165, 1.54) is 5.56 Å². The molecule has 0 saturated carbocycles. The molecule has 0 saturated heterocycles. The van der Waals surface area contributed by atoms with Crippen molar-refractivity contribution in [3.63, 3.8) is 0 Å². The Bertz CT molecular complexity index is 1010. The third kappa shape index (κ3) is 3.59. The van der Waals surface area contributed by atoms with Crippen LogP contribution in [0.1, 0.15) is 39.7 Å². The number of carbonyl (C=O) groups excluding carboxylic acids is 1. The number of carbonyl (C=O) groups is 1. The summed E-state index contributed by atoms with van der Waals surface area (Å²) >= 11 is 1.64. The third-order valence-corrected chi connectivity index (χ3v) is 6.04. The van der Waals surface area contributed by atoms with E-state index in [1.54, 1.807) is 23.7 Å². The van der Waals surface area contributed by atoms with Gasteiger partial charge < -0.3 is 4.90 Å². The molecule has 0 spiro atoms. The lowest BCUT2D eigenvalue weighted by Crippen LogP contribution is -2.37. The van der Waals surface area contributed by atoms with Gasteiger partial charge in [0, 0.05) is 47.1 Å². The molecule has 1 aliphatic rings. The summed E-state index contributed by atoms with van der Waals surface area (Å²) in [6, 6.07) is 10.5. The molecule has 1 aromatic carbocycles. The highest BCUT2D eigenvalue weighted by atomic mass is 32.1. The molecule has 5 heteroatoms. The topological polar surface area (TPSA) is 46.1 Å². The number of rotatable bonds is 3. The predicted molar refractivity (Wildman–Crippen MR) is 116 cm³/mol. The monoisotopic (exact) mass is 391 g/mol. The first kappa shape index (κ1) is 18.8. The van der Waals surface area contributed by atoms with Gasteiger partial charge in [-0.2, -0.15) is 0 Å². The molecular formula is C23H25N3OS. The van der Waals surface area contributed by atoms with Crippen LogP contribution in [0.3, 0.4) is 0 Å². The number of benzene rings is 1. The van der Waals surface area contributed by atoms with Crippen LogP contribution in [0.25, 0.3) is 21.8 Å². The Kier molecular flexibility index (Phi) is 4.79. The Hall–Kier alpha value is -2.53. The minimum absolute atomic E-state index is 0.0572. The molecule has 3 aromatic rings. The van der Waals surface area contributed by atoms with Crippen molar-refractivity contribution < 1.29 is 4.79 Å². The number of pyridine rings is 1. The van der Waals surface area contributed by atoms with Crippen molar-refractivity contribution >= 4 is 22.9 Å². The number of aromatic nitrogens is 2. The number of hydrogen-bond donors (Lipinski definition) is 0. The second-order valence-electron chi connectivity index (χ2n) is 8.49. The molecule has 0 radical (unpaired) electrons. The fraction of sp³-hybridized carbons (Fsp3) is 0.348. The van der Waals surface area contributed by atoms with Crippen molar-refractivity contribution in [2.24, 2.45) is 5.41 Å². The Morgan fingerprint density at radius 1 is 1.07 bits per heavy atom. The van der Waals surface area contributed by atoms with Gasteiger partial charge in [0.2, 0.25) is 5.91 Å². The maximum Gasteiger partial charge on any atom is 0.227 e. The van der Waals surface area contributed by atoms with Gasteiger partial charge in [-0.25, -0.2) is 4.98 Å². The molecule has 1 aliphatic heterocycles. The average molecular weight is 392 g/mol. The Balaban J connectivity index is 1.75. The fourth-order valence-corrected chi connectivity index (χ4v) is 4.76. The number of nitrogens with zero attached hydrogens (tertiary/aromatic N) is 3. The Labute approximate surface area is 170 Å². The number of thiazole rings is 1. The van der Waals surface area contributed by atoms with Crippen molar-refractivity contribution in [2.45, 2.75) is 46.6 Å². The minimum Gasteiger partial charge on any atom is -0.310 e. The lowest BCUT2D eigenvalue weighted by atomic mass is 9.83. The Morgan fingerprint density at radius 3 is 2.54 bits per heavy atom. The molecule has 3 heterocycles. The first-order chi connectivity index (χ1) is 13.3. The first-order valence-electron chi connectivity index (χ1n) is 9.65. The zero-order chi connectivity index (χ0) is 19.9. The summed E-state index contributed by atoms with van der Waals surface area (Å²) in [4.78, 5) is 23.7. The number of hydrogen-bond acceptors (Lipinski definition) is 4. The smallest absolute Gasteiger partial charge is 0.227 e. The molecule has 144 valence electrons. The molecular weight excluding hydrogens is 366 g/mol. The summed E-state index contributed by atoms with van der Waals surface area (Å²) in [5.41, 5.74) is 5.37. The van der Waals surface area contributed by atoms with Gasteiger partial charge in [-0.05, 0) is 55.5 Å². The average Bonchev–Trinajstić information content (AvgIpc) is 3.09. The van der Waals surface area contributed by atoms with Crippen LogP contribution in [0.2, 0.25) is 0 Å². The van der Waals surface area contributed by atoms with Gasteiger partial charge in [-0.3, -0.25) is 9.78 Å². The van der Waals surface area contributed by atoms with Crippen LogP contribution in [0.15, 0.2) is 48.1 Å². The summed E-state index contributed by atoms with van der Waals surface area (Å²) in [6.45, 7) is 8.51. The van der Waals surface area contributed by atoms with Crippen molar-refractivity contribution in [3.05, 3.63) is 53.7 Å². The van der Waals surface area contributed by atoms with Gasteiger partial charge >= 0.3 is 0 Å². The van der Waals surface area contributed by atoms with Gasteiger partial charge in [-0.15, -0.1) is 11.3 Å². The molecule has 4 rings (SSSR count). The van der Waals surface area contributed by atoms with Crippen molar-refractivity contribution in [1.82, 2.24) is 9.97 Å². The summed E-state index contributed by atoms with van der Waals surface area (Å²) in [7, 11) is 0. The molecule has 0 fully saturated rings. The fourth-order valence-electron chi connectivity index (χ4n) is 3.93. The maximum atomic E-state index is 12.9. The molecule has 28 heavy (non-hydrogen) atoms. The lowest BCUT2D eigenvalue weighted by molar-refractivity contribution is -0.120. The van der Waals surface area contributed by atoms with E-state index in [-0.39, 0.29) is 17.4 Å². The second-order valence-corrected chi connectivity index (χ2v) is 9.35. The highest BCUT2D eigenvalue weighted by Gasteiger charge is 2.33. The largest absolute Gasteiger partial charge is 0.310 e. The van der Waals surface area contributed by atoms with Crippen molar-refractivity contribution in [2.75, 3.05) is 4.90 Å². The van der Waals surface area contributed by atoms with Crippen LogP contribution in [0, 0.1) is 5.41 Å². The standard InChI is InChI=1S/C23H25N3OS/c1-15(2)26-20-6-5-17(11-18(20)12-23(3,4)13-21(26)27)19-14-28-22(25-19)16-7-9-24-10-8-16/h5-11,14-15H,12-13H2,1-4H3. The van der Waals surface area contributed by atoms with Gasteiger partial charge in [-0.1, -0.05) is 19.9 Å². The summed E-state index contributed by atoms with van der Waals surface area (Å²) in [5.74, 6) is 0.208. The Morgan fingerprint density at radius 2 is 1.82 bits per heavy atom. The van der Waals surface area contributed by atoms with Gasteiger partial charge in [0.25, 0.3) is 0 Å². The van der Waals surface area contributed by atoms with Gasteiger partial charge in [0.1, 0.15) is 5.01 Å². The van der Waals surface area contributed by atoms with Crippen LogP contribution < -0.4 is 4.90 Å². The van der Waals surface area contributed by atoms with Crippen molar-refractivity contribution in [1.29, 1.82) is 0 Å². The van der Waals surface area contributed by atoms with Gasteiger partial charge in [0.05, 0.1) is 5.69 Å².